The molecule has 0 fully saturated rings. The van der Waals surface area contributed by atoms with Gasteiger partial charge in [0.25, 0.3) is 5.91 Å². The van der Waals surface area contributed by atoms with Crippen molar-refractivity contribution in [2.45, 2.75) is 13.3 Å². The second-order valence-corrected chi connectivity index (χ2v) is 3.87. The number of rotatable bonds is 4. The van der Waals surface area contributed by atoms with Crippen LogP contribution in [0.15, 0.2) is 18.2 Å². The minimum Gasteiger partial charge on any atom is -0.495 e. The van der Waals surface area contributed by atoms with Crippen molar-refractivity contribution in [3.05, 3.63) is 29.8 Å². The zero-order chi connectivity index (χ0) is 13.8. The number of benzene rings is 1. The van der Waals surface area contributed by atoms with Crippen molar-refractivity contribution < 1.29 is 9.53 Å². The maximum atomic E-state index is 11.9. The first kappa shape index (κ1) is 12.9. The number of hydrogen-bond donors (Lipinski definition) is 3. The maximum Gasteiger partial charge on any atom is 0.295 e. The van der Waals surface area contributed by atoms with Crippen LogP contribution < -0.4 is 15.8 Å². The van der Waals surface area contributed by atoms with Gasteiger partial charge in [-0.1, -0.05) is 6.92 Å². The lowest BCUT2D eigenvalue weighted by Crippen LogP contribution is -2.14. The number of aryl methyl sites for hydroxylation is 1. The SMILES string of the molecule is CCc1nc(C(=O)Nc2ccc(OC)c(N)c2)n[nH]1. The number of amides is 1. The standard InChI is InChI=1S/C12H15N5O2/c1-3-10-15-11(17-16-10)12(18)14-7-4-5-9(19-2)8(13)6-7/h4-6H,3,13H2,1-2H3,(H,14,18)(H,15,16,17). The van der Waals surface area contributed by atoms with E-state index in [9.17, 15) is 4.79 Å². The Hall–Kier alpha value is -2.57. The number of carbonyl (C=O) groups excluding carboxylic acids is 1. The van der Waals surface area contributed by atoms with Crippen molar-refractivity contribution in [3.8, 4) is 5.75 Å². The van der Waals surface area contributed by atoms with Crippen molar-refractivity contribution in [3.63, 3.8) is 0 Å². The van der Waals surface area contributed by atoms with Gasteiger partial charge in [0.05, 0.1) is 12.8 Å². The molecule has 7 nitrogen and oxygen atoms in total. The summed E-state index contributed by atoms with van der Waals surface area (Å²) >= 11 is 0. The number of methoxy groups -OCH3 is 1. The molecular weight excluding hydrogens is 246 g/mol. The van der Waals surface area contributed by atoms with E-state index in [1.165, 1.54) is 7.11 Å². The molecule has 0 aliphatic carbocycles. The number of nitrogens with two attached hydrogens (primary N) is 1. The average Bonchev–Trinajstić information content (AvgIpc) is 2.88. The Kier molecular flexibility index (Phi) is 3.65. The third kappa shape index (κ3) is 2.82. The predicted octanol–water partition coefficient (Wildman–Crippen LogP) is 1.21. The first-order chi connectivity index (χ1) is 9.13. The molecule has 1 heterocycles. The zero-order valence-corrected chi connectivity index (χ0v) is 10.7. The fourth-order valence-corrected chi connectivity index (χ4v) is 1.55. The van der Waals surface area contributed by atoms with Gasteiger partial charge in [-0.25, -0.2) is 4.98 Å². The summed E-state index contributed by atoms with van der Waals surface area (Å²) in [4.78, 5) is 15.9. The second kappa shape index (κ2) is 5.38. The Morgan fingerprint density at radius 3 is 2.89 bits per heavy atom. The molecule has 2 rings (SSSR count). The normalized spacial score (nSPS) is 10.2. The van der Waals surface area contributed by atoms with E-state index in [4.69, 9.17) is 10.5 Å². The van der Waals surface area contributed by atoms with Crippen LogP contribution in [0.3, 0.4) is 0 Å². The Morgan fingerprint density at radius 1 is 1.53 bits per heavy atom. The molecule has 4 N–H and O–H groups in total. The largest absolute Gasteiger partial charge is 0.495 e. The van der Waals surface area contributed by atoms with Crippen molar-refractivity contribution in [2.24, 2.45) is 0 Å². The van der Waals surface area contributed by atoms with Crippen LogP contribution in [0.5, 0.6) is 5.75 Å². The first-order valence-electron chi connectivity index (χ1n) is 5.80. The number of ether oxygens (including phenoxy) is 1. The highest BCUT2D eigenvalue weighted by Crippen LogP contribution is 2.24. The first-order valence-corrected chi connectivity index (χ1v) is 5.80. The highest BCUT2D eigenvalue weighted by Gasteiger charge is 2.12. The van der Waals surface area contributed by atoms with Gasteiger partial charge in [-0.05, 0) is 18.2 Å². The van der Waals surface area contributed by atoms with Gasteiger partial charge in [-0.3, -0.25) is 9.89 Å². The van der Waals surface area contributed by atoms with Crippen LogP contribution in [-0.4, -0.2) is 28.2 Å². The van der Waals surface area contributed by atoms with Crippen LogP contribution in [0, 0.1) is 0 Å². The molecule has 0 unspecified atom stereocenters. The third-order valence-electron chi connectivity index (χ3n) is 2.56. The van der Waals surface area contributed by atoms with Crippen LogP contribution in [0.4, 0.5) is 11.4 Å². The Balaban J connectivity index is 2.12. The Bertz CT molecular complexity index is 594. The van der Waals surface area contributed by atoms with Gasteiger partial charge in [0.1, 0.15) is 11.6 Å². The molecule has 0 aliphatic heterocycles. The Morgan fingerprint density at radius 2 is 2.32 bits per heavy atom. The molecule has 100 valence electrons. The predicted molar refractivity (Wildman–Crippen MR) is 71.1 cm³/mol. The number of aromatic nitrogens is 3. The van der Waals surface area contributed by atoms with Crippen molar-refractivity contribution in [1.82, 2.24) is 15.2 Å². The summed E-state index contributed by atoms with van der Waals surface area (Å²) in [5.74, 6) is 0.940. The molecule has 1 aromatic heterocycles. The fraction of sp³-hybridized carbons (Fsp3) is 0.250. The number of nitrogens with zero attached hydrogens (tertiary/aromatic N) is 2. The van der Waals surface area contributed by atoms with Gasteiger partial charge >= 0.3 is 0 Å². The van der Waals surface area contributed by atoms with E-state index < -0.39 is 0 Å². The van der Waals surface area contributed by atoms with E-state index in [-0.39, 0.29) is 11.7 Å². The summed E-state index contributed by atoms with van der Waals surface area (Å²) in [6.07, 6.45) is 0.690. The van der Waals surface area contributed by atoms with E-state index in [0.717, 1.165) is 0 Å². The van der Waals surface area contributed by atoms with Crippen molar-refractivity contribution in [1.29, 1.82) is 0 Å². The van der Waals surface area contributed by atoms with Gasteiger partial charge in [0.15, 0.2) is 0 Å². The lowest BCUT2D eigenvalue weighted by Gasteiger charge is -2.07. The number of hydrogen-bond acceptors (Lipinski definition) is 5. The molecule has 0 saturated carbocycles. The molecule has 2 aromatic rings. The molecule has 7 heteroatoms. The second-order valence-electron chi connectivity index (χ2n) is 3.87. The van der Waals surface area contributed by atoms with E-state index in [1.54, 1.807) is 18.2 Å². The average molecular weight is 261 g/mol. The van der Waals surface area contributed by atoms with Crippen molar-refractivity contribution in [2.75, 3.05) is 18.2 Å². The molecule has 0 saturated heterocycles. The van der Waals surface area contributed by atoms with Crippen LogP contribution in [-0.2, 0) is 6.42 Å². The lowest BCUT2D eigenvalue weighted by molar-refractivity contribution is 0.101. The number of anilines is 2. The number of carbonyl (C=O) groups is 1. The summed E-state index contributed by atoms with van der Waals surface area (Å²) in [7, 11) is 1.53. The monoisotopic (exact) mass is 261 g/mol. The topological polar surface area (TPSA) is 106 Å². The van der Waals surface area contributed by atoms with E-state index in [1.807, 2.05) is 6.92 Å². The number of nitrogen functional groups attached to an aromatic ring is 1. The summed E-state index contributed by atoms with van der Waals surface area (Å²) in [6, 6.07) is 4.99. The smallest absolute Gasteiger partial charge is 0.295 e. The lowest BCUT2D eigenvalue weighted by atomic mass is 10.2. The highest BCUT2D eigenvalue weighted by molar-refractivity contribution is 6.01. The van der Waals surface area contributed by atoms with Gasteiger partial charge in [0, 0.05) is 12.1 Å². The molecule has 0 spiro atoms. The van der Waals surface area contributed by atoms with Crippen molar-refractivity contribution >= 4 is 17.3 Å². The van der Waals surface area contributed by atoms with E-state index >= 15 is 0 Å². The van der Waals surface area contributed by atoms with Gasteiger partial charge in [-0.15, -0.1) is 5.10 Å². The van der Waals surface area contributed by atoms with Gasteiger partial charge in [0.2, 0.25) is 5.82 Å². The fourth-order valence-electron chi connectivity index (χ4n) is 1.55. The van der Waals surface area contributed by atoms with E-state index in [2.05, 4.69) is 20.5 Å². The molecule has 0 atom stereocenters. The summed E-state index contributed by atoms with van der Waals surface area (Å²) in [5.41, 5.74) is 6.77. The van der Waals surface area contributed by atoms with E-state index in [0.29, 0.717) is 29.4 Å². The highest BCUT2D eigenvalue weighted by atomic mass is 16.5. The minimum absolute atomic E-state index is 0.103. The maximum absolute atomic E-state index is 11.9. The van der Waals surface area contributed by atoms with Crippen LogP contribution in [0.2, 0.25) is 0 Å². The van der Waals surface area contributed by atoms with Gasteiger partial charge in [-0.2, -0.15) is 0 Å². The Labute approximate surface area is 110 Å². The molecule has 1 aromatic carbocycles. The summed E-state index contributed by atoms with van der Waals surface area (Å²) in [6.45, 7) is 1.92. The van der Waals surface area contributed by atoms with Crippen LogP contribution in [0.1, 0.15) is 23.4 Å². The molecular formula is C12H15N5O2. The quantitative estimate of drug-likeness (QED) is 0.717. The molecule has 0 radical (unpaired) electrons. The number of nitrogens with one attached hydrogen (secondary N) is 2. The summed E-state index contributed by atoms with van der Waals surface area (Å²) < 4.78 is 5.04. The minimum atomic E-state index is -0.388. The summed E-state index contributed by atoms with van der Waals surface area (Å²) in [5, 5.41) is 9.19. The van der Waals surface area contributed by atoms with Gasteiger partial charge < -0.3 is 15.8 Å². The molecule has 0 aliphatic rings. The van der Waals surface area contributed by atoms with Crippen LogP contribution in [0.25, 0.3) is 0 Å². The molecule has 19 heavy (non-hydrogen) atoms. The zero-order valence-electron chi connectivity index (χ0n) is 10.7. The molecule has 0 bridgehead atoms. The number of H-pyrrole nitrogens is 1. The van der Waals surface area contributed by atoms with Crippen LogP contribution >= 0.6 is 0 Å². The third-order valence-corrected chi connectivity index (χ3v) is 2.56. The molecule has 1 amide bonds. The number of aromatic amines is 1.